The molecular weight excluding hydrogens is 477 g/mol. The van der Waals surface area contributed by atoms with Crippen molar-refractivity contribution in [2.75, 3.05) is 13.2 Å². The summed E-state index contributed by atoms with van der Waals surface area (Å²) in [7, 11) is 0. The monoisotopic (exact) mass is 501 g/mol. The minimum Gasteiger partial charge on any atom is -0.396 e. The number of para-hydroxylation sites is 1. The number of carbonyl (C=O) groups excluding carboxylic acids is 3. The molecule has 1 aromatic heterocycles. The molecule has 0 aliphatic heterocycles. The van der Waals surface area contributed by atoms with Crippen LogP contribution in [0.15, 0.2) is 42.5 Å². The third-order valence-corrected chi connectivity index (χ3v) is 6.52. The highest BCUT2D eigenvalue weighted by Crippen LogP contribution is 2.31. The van der Waals surface area contributed by atoms with Crippen LogP contribution in [0.1, 0.15) is 28.9 Å². The lowest BCUT2D eigenvalue weighted by Crippen LogP contribution is -2.53. The van der Waals surface area contributed by atoms with E-state index >= 15 is 0 Å². The van der Waals surface area contributed by atoms with Crippen LogP contribution < -0.4 is 11.1 Å². The summed E-state index contributed by atoms with van der Waals surface area (Å²) in [6, 6.07) is 11.2. The van der Waals surface area contributed by atoms with Gasteiger partial charge >= 0.3 is 0 Å². The fourth-order valence-corrected chi connectivity index (χ4v) is 4.46. The highest BCUT2D eigenvalue weighted by atomic mass is 35.5. The largest absolute Gasteiger partial charge is 0.396 e. The second-order valence-corrected chi connectivity index (χ2v) is 8.98. The fraction of sp³-hybridized carbons (Fsp3) is 0.333. The van der Waals surface area contributed by atoms with Gasteiger partial charge in [0.1, 0.15) is 12.4 Å². The molecule has 11 heteroatoms. The Labute approximate surface area is 205 Å². The molecule has 0 radical (unpaired) electrons. The van der Waals surface area contributed by atoms with Gasteiger partial charge in [0.2, 0.25) is 11.8 Å². The van der Waals surface area contributed by atoms with E-state index in [1.165, 1.54) is 21.7 Å². The lowest BCUT2D eigenvalue weighted by molar-refractivity contribution is -0.142. The van der Waals surface area contributed by atoms with Crippen molar-refractivity contribution in [3.63, 3.8) is 0 Å². The molecule has 4 rings (SSSR count). The summed E-state index contributed by atoms with van der Waals surface area (Å²) >= 11 is 5.79. The first-order valence-electron chi connectivity index (χ1n) is 11.1. The van der Waals surface area contributed by atoms with E-state index in [1.807, 2.05) is 0 Å². The van der Waals surface area contributed by atoms with Gasteiger partial charge in [0.25, 0.3) is 5.91 Å². The lowest BCUT2D eigenvalue weighted by Gasteiger charge is -2.42. The molecule has 0 saturated heterocycles. The standard InChI is InChI=1S/C24H25ClFN5O4/c25-18-6-3-4-15(22(18)26)10-28-20(33)11-30(16-8-14(9-16)13-32)21(34)12-31-19-7-2-1-5-17(19)23(29-31)24(27)35/h1-7,14,16,32H,8-13H2,(H2,27,35)(H,28,33)/t14-,16+. The number of nitrogens with one attached hydrogen (secondary N) is 1. The van der Waals surface area contributed by atoms with E-state index in [1.54, 1.807) is 30.3 Å². The number of halogens is 2. The van der Waals surface area contributed by atoms with Crippen LogP contribution in [-0.2, 0) is 22.7 Å². The van der Waals surface area contributed by atoms with E-state index in [0.717, 1.165) is 0 Å². The number of fused-ring (bicyclic) bond motifs is 1. The second kappa shape index (κ2) is 10.4. The minimum atomic E-state index is -0.707. The number of amides is 3. The smallest absolute Gasteiger partial charge is 0.269 e. The summed E-state index contributed by atoms with van der Waals surface area (Å²) in [5.74, 6) is -2.09. The molecule has 9 nitrogen and oxygen atoms in total. The predicted octanol–water partition coefficient (Wildman–Crippen LogP) is 1.84. The third kappa shape index (κ3) is 5.28. The molecule has 0 atom stereocenters. The molecule has 4 N–H and O–H groups in total. The molecule has 0 unspecified atom stereocenters. The number of primary amides is 1. The van der Waals surface area contributed by atoms with Crippen molar-refractivity contribution >= 4 is 40.2 Å². The van der Waals surface area contributed by atoms with Crippen LogP contribution in [-0.4, -0.2) is 56.7 Å². The number of nitrogens with two attached hydrogens (primary N) is 1. The van der Waals surface area contributed by atoms with Gasteiger partial charge < -0.3 is 21.1 Å². The number of aliphatic hydroxyl groups excluding tert-OH is 1. The van der Waals surface area contributed by atoms with E-state index in [4.69, 9.17) is 17.3 Å². The second-order valence-electron chi connectivity index (χ2n) is 8.57. The molecule has 184 valence electrons. The first-order valence-corrected chi connectivity index (χ1v) is 11.5. The van der Waals surface area contributed by atoms with Crippen LogP contribution in [0.4, 0.5) is 4.39 Å². The molecule has 35 heavy (non-hydrogen) atoms. The molecule has 1 aliphatic carbocycles. The van der Waals surface area contributed by atoms with Gasteiger partial charge in [-0.3, -0.25) is 19.1 Å². The van der Waals surface area contributed by atoms with Crippen LogP contribution in [0.5, 0.6) is 0 Å². The van der Waals surface area contributed by atoms with Crippen molar-refractivity contribution in [1.82, 2.24) is 20.0 Å². The van der Waals surface area contributed by atoms with E-state index in [-0.39, 0.29) is 60.4 Å². The maximum atomic E-state index is 14.1. The number of nitrogens with zero attached hydrogens (tertiary/aromatic N) is 3. The van der Waals surface area contributed by atoms with Crippen LogP contribution >= 0.6 is 11.6 Å². The van der Waals surface area contributed by atoms with Gasteiger partial charge in [-0.05, 0) is 30.9 Å². The van der Waals surface area contributed by atoms with Crippen molar-refractivity contribution < 1.29 is 23.9 Å². The zero-order valence-corrected chi connectivity index (χ0v) is 19.5. The highest BCUT2D eigenvalue weighted by molar-refractivity contribution is 6.30. The Morgan fingerprint density at radius 3 is 2.66 bits per heavy atom. The fourth-order valence-electron chi connectivity index (χ4n) is 4.26. The molecule has 1 heterocycles. The molecule has 0 bridgehead atoms. The molecule has 1 fully saturated rings. The Morgan fingerprint density at radius 1 is 1.20 bits per heavy atom. The first-order chi connectivity index (χ1) is 16.8. The maximum absolute atomic E-state index is 14.1. The van der Waals surface area contributed by atoms with Crippen LogP contribution in [0.25, 0.3) is 10.9 Å². The quantitative estimate of drug-likeness (QED) is 0.412. The Morgan fingerprint density at radius 2 is 1.94 bits per heavy atom. The predicted molar refractivity (Wildman–Crippen MR) is 127 cm³/mol. The molecule has 3 aromatic rings. The number of benzene rings is 2. The summed E-state index contributed by atoms with van der Waals surface area (Å²) in [4.78, 5) is 39.2. The number of hydrogen-bond donors (Lipinski definition) is 3. The molecular formula is C24H25ClFN5O4. The summed E-state index contributed by atoms with van der Waals surface area (Å²) in [5, 5.41) is 16.7. The first kappa shape index (κ1) is 24.6. The van der Waals surface area contributed by atoms with E-state index in [0.29, 0.717) is 23.7 Å². The number of rotatable bonds is 9. The van der Waals surface area contributed by atoms with Crippen molar-refractivity contribution in [3.05, 3.63) is 64.6 Å². The molecule has 2 aromatic carbocycles. The van der Waals surface area contributed by atoms with Gasteiger partial charge in [-0.1, -0.05) is 41.9 Å². The van der Waals surface area contributed by atoms with E-state index in [2.05, 4.69) is 10.4 Å². The topological polar surface area (TPSA) is 131 Å². The van der Waals surface area contributed by atoms with E-state index in [9.17, 15) is 23.9 Å². The van der Waals surface area contributed by atoms with Gasteiger partial charge in [-0.2, -0.15) is 5.10 Å². The average molecular weight is 502 g/mol. The third-order valence-electron chi connectivity index (χ3n) is 6.23. The average Bonchev–Trinajstić information content (AvgIpc) is 3.17. The van der Waals surface area contributed by atoms with Crippen molar-refractivity contribution in [2.24, 2.45) is 11.7 Å². The zero-order chi connectivity index (χ0) is 25.1. The Balaban J connectivity index is 1.49. The summed E-state index contributed by atoms with van der Waals surface area (Å²) in [5.41, 5.74) is 6.30. The summed E-state index contributed by atoms with van der Waals surface area (Å²) in [6.45, 7) is -0.524. The van der Waals surface area contributed by atoms with E-state index < -0.39 is 17.6 Å². The summed E-state index contributed by atoms with van der Waals surface area (Å²) in [6.07, 6.45) is 1.12. The van der Waals surface area contributed by atoms with Crippen LogP contribution in [0.2, 0.25) is 5.02 Å². The molecule has 1 aliphatic rings. The Bertz CT molecular complexity index is 1270. The van der Waals surface area contributed by atoms with Gasteiger partial charge in [-0.25, -0.2) is 4.39 Å². The molecule has 3 amide bonds. The Hall–Kier alpha value is -3.50. The minimum absolute atomic E-state index is 0.00450. The van der Waals surface area contributed by atoms with Crippen LogP contribution in [0.3, 0.4) is 0 Å². The van der Waals surface area contributed by atoms with Crippen molar-refractivity contribution in [3.8, 4) is 0 Å². The van der Waals surface area contributed by atoms with Crippen LogP contribution in [0, 0.1) is 11.7 Å². The highest BCUT2D eigenvalue weighted by Gasteiger charge is 2.36. The Kier molecular flexibility index (Phi) is 7.32. The normalized spacial score (nSPS) is 17.1. The van der Waals surface area contributed by atoms with Gasteiger partial charge in [0.15, 0.2) is 5.69 Å². The van der Waals surface area contributed by atoms with Crippen molar-refractivity contribution in [1.29, 1.82) is 0 Å². The zero-order valence-electron chi connectivity index (χ0n) is 18.8. The van der Waals surface area contributed by atoms with Crippen molar-refractivity contribution in [2.45, 2.75) is 32.0 Å². The molecule has 0 spiro atoms. The van der Waals surface area contributed by atoms with Gasteiger partial charge in [0.05, 0.1) is 17.1 Å². The number of aromatic nitrogens is 2. The van der Waals surface area contributed by atoms with Gasteiger partial charge in [0, 0.05) is 30.1 Å². The number of hydrogen-bond acceptors (Lipinski definition) is 5. The number of aliphatic hydroxyl groups is 1. The lowest BCUT2D eigenvalue weighted by atomic mass is 9.80. The van der Waals surface area contributed by atoms with Gasteiger partial charge in [-0.15, -0.1) is 0 Å². The molecule has 1 saturated carbocycles. The SMILES string of the molecule is NC(=O)c1nn(CC(=O)N(CC(=O)NCc2cccc(Cl)c2F)[C@H]2C[C@@H](CO)C2)c2ccccc12. The maximum Gasteiger partial charge on any atom is 0.269 e. The summed E-state index contributed by atoms with van der Waals surface area (Å²) < 4.78 is 15.5. The number of carbonyl (C=O) groups is 3.